The van der Waals surface area contributed by atoms with E-state index in [0.717, 1.165) is 0 Å². The molecule has 0 bridgehead atoms. The Morgan fingerprint density at radius 1 is 2.00 bits per heavy atom. The summed E-state index contributed by atoms with van der Waals surface area (Å²) in [6.07, 6.45) is 1.28. The minimum Gasteiger partial charge on any atom is -0.193 e. The number of nitriles is 1. The van der Waals surface area contributed by atoms with Gasteiger partial charge in [-0.05, 0) is 6.92 Å². The van der Waals surface area contributed by atoms with Crippen molar-refractivity contribution in [3.63, 3.8) is 0 Å². The highest BCUT2D eigenvalue weighted by Gasteiger charge is 1.69. The Labute approximate surface area is 41.8 Å². The van der Waals surface area contributed by atoms with Gasteiger partial charge in [0.2, 0.25) is 0 Å². The number of halogens is 1. The molecule has 0 radical (unpaired) electrons. The third-order valence-electron chi connectivity index (χ3n) is 0.263. The minimum atomic E-state index is 0.525. The maximum absolute atomic E-state index is 7.83. The molecule has 1 nitrogen and oxygen atoms in total. The lowest BCUT2D eigenvalue weighted by Crippen LogP contribution is -1.49. The van der Waals surface area contributed by atoms with Crippen LogP contribution in [0.5, 0.6) is 0 Å². The van der Waals surface area contributed by atoms with Crippen LogP contribution in [0.1, 0.15) is 6.92 Å². The topological polar surface area (TPSA) is 23.8 Å². The Morgan fingerprint density at radius 3 is 2.50 bits per heavy atom. The third-order valence-corrected chi connectivity index (χ3v) is 0.373. The van der Waals surface area contributed by atoms with Crippen molar-refractivity contribution in [2.75, 3.05) is 0 Å². The van der Waals surface area contributed by atoms with Crippen LogP contribution in [0.25, 0.3) is 0 Å². The zero-order valence-corrected chi connectivity index (χ0v) is 4.16. The monoisotopic (exact) mass is 101 g/mol. The maximum Gasteiger partial charge on any atom is 0.0924 e. The summed E-state index contributed by atoms with van der Waals surface area (Å²) in [7, 11) is 0. The van der Waals surface area contributed by atoms with E-state index in [1.54, 1.807) is 13.0 Å². The SMILES string of the molecule is C/C(Cl)=C/C#N. The second-order valence-electron chi connectivity index (χ2n) is 0.860. The molecule has 0 aromatic carbocycles. The van der Waals surface area contributed by atoms with Gasteiger partial charge in [-0.1, -0.05) is 11.6 Å². The summed E-state index contributed by atoms with van der Waals surface area (Å²) in [5, 5.41) is 8.35. The molecule has 0 heterocycles. The molecular formula is C4H4ClN. The Morgan fingerprint density at radius 2 is 2.50 bits per heavy atom. The van der Waals surface area contributed by atoms with Crippen molar-refractivity contribution in [3.05, 3.63) is 11.1 Å². The summed E-state index contributed by atoms with van der Waals surface area (Å²) in [5.74, 6) is 0. The van der Waals surface area contributed by atoms with Gasteiger partial charge in [-0.25, -0.2) is 0 Å². The molecule has 0 unspecified atom stereocenters. The summed E-state index contributed by atoms with van der Waals surface area (Å²) in [4.78, 5) is 0. The van der Waals surface area contributed by atoms with Crippen LogP contribution in [-0.4, -0.2) is 0 Å². The van der Waals surface area contributed by atoms with E-state index >= 15 is 0 Å². The number of hydrogen-bond donors (Lipinski definition) is 0. The van der Waals surface area contributed by atoms with Crippen molar-refractivity contribution in [1.82, 2.24) is 0 Å². The first-order valence-electron chi connectivity index (χ1n) is 1.49. The van der Waals surface area contributed by atoms with Crippen LogP contribution >= 0.6 is 11.6 Å². The summed E-state index contributed by atoms with van der Waals surface area (Å²) in [6.45, 7) is 1.66. The fourth-order valence-corrected chi connectivity index (χ4v) is 0.138. The quantitative estimate of drug-likeness (QED) is 0.426. The van der Waals surface area contributed by atoms with E-state index in [4.69, 9.17) is 16.9 Å². The van der Waals surface area contributed by atoms with Gasteiger partial charge < -0.3 is 0 Å². The smallest absolute Gasteiger partial charge is 0.0924 e. The number of allylic oxidation sites excluding steroid dienone is 2. The number of rotatable bonds is 0. The second-order valence-corrected chi connectivity index (χ2v) is 1.46. The van der Waals surface area contributed by atoms with Crippen LogP contribution in [0.4, 0.5) is 0 Å². The van der Waals surface area contributed by atoms with Crippen molar-refractivity contribution < 1.29 is 0 Å². The zero-order chi connectivity index (χ0) is 4.99. The van der Waals surface area contributed by atoms with Crippen LogP contribution < -0.4 is 0 Å². The fraction of sp³-hybridized carbons (Fsp3) is 0.250. The van der Waals surface area contributed by atoms with Crippen molar-refractivity contribution in [1.29, 1.82) is 5.26 Å². The van der Waals surface area contributed by atoms with E-state index in [9.17, 15) is 0 Å². The summed E-state index contributed by atoms with van der Waals surface area (Å²) >= 11 is 5.22. The average molecular weight is 102 g/mol. The summed E-state index contributed by atoms with van der Waals surface area (Å²) in [6, 6.07) is 1.77. The molecule has 32 valence electrons. The lowest BCUT2D eigenvalue weighted by Gasteiger charge is -1.68. The van der Waals surface area contributed by atoms with Gasteiger partial charge in [-0.3, -0.25) is 0 Å². The summed E-state index contributed by atoms with van der Waals surface area (Å²) in [5.41, 5.74) is 0. The van der Waals surface area contributed by atoms with E-state index in [1.807, 2.05) is 0 Å². The molecular weight excluding hydrogens is 97.5 g/mol. The maximum atomic E-state index is 7.83. The normalized spacial score (nSPS) is 10.5. The molecule has 0 N–H and O–H groups in total. The predicted molar refractivity (Wildman–Crippen MR) is 25.2 cm³/mol. The minimum absolute atomic E-state index is 0.525. The lowest BCUT2D eigenvalue weighted by molar-refractivity contribution is 1.52. The standard InChI is InChI=1S/C4H4ClN/c1-4(5)2-3-6/h2H,1H3/b4-2-. The molecule has 0 aliphatic carbocycles. The Bertz CT molecular complexity index is 94.6. The van der Waals surface area contributed by atoms with Gasteiger partial charge in [0, 0.05) is 11.1 Å². The van der Waals surface area contributed by atoms with E-state index in [0.29, 0.717) is 5.03 Å². The first kappa shape index (κ1) is 5.52. The molecule has 0 rings (SSSR count). The van der Waals surface area contributed by atoms with E-state index in [2.05, 4.69) is 0 Å². The molecule has 0 spiro atoms. The van der Waals surface area contributed by atoms with Gasteiger partial charge in [-0.2, -0.15) is 5.26 Å². The number of hydrogen-bond acceptors (Lipinski definition) is 1. The molecule has 0 aromatic heterocycles. The van der Waals surface area contributed by atoms with Gasteiger partial charge in [0.15, 0.2) is 0 Å². The molecule has 0 saturated heterocycles. The van der Waals surface area contributed by atoms with Crippen LogP contribution in [0.2, 0.25) is 0 Å². The van der Waals surface area contributed by atoms with Gasteiger partial charge in [-0.15, -0.1) is 0 Å². The molecule has 0 atom stereocenters. The first-order valence-corrected chi connectivity index (χ1v) is 1.87. The highest BCUT2D eigenvalue weighted by atomic mass is 35.5. The van der Waals surface area contributed by atoms with Crippen molar-refractivity contribution in [2.45, 2.75) is 6.92 Å². The predicted octanol–water partition coefficient (Wildman–Crippen LogP) is 1.65. The Hall–Kier alpha value is -0.480. The van der Waals surface area contributed by atoms with Gasteiger partial charge in [0.25, 0.3) is 0 Å². The molecule has 0 amide bonds. The van der Waals surface area contributed by atoms with Crippen LogP contribution in [0, 0.1) is 11.3 Å². The molecule has 0 saturated carbocycles. The number of nitrogens with zero attached hydrogens (tertiary/aromatic N) is 1. The highest BCUT2D eigenvalue weighted by Crippen LogP contribution is 1.93. The fourth-order valence-electron chi connectivity index (χ4n) is 0.0889. The molecule has 6 heavy (non-hydrogen) atoms. The lowest BCUT2D eigenvalue weighted by atomic mass is 10.6. The second kappa shape index (κ2) is 2.74. The van der Waals surface area contributed by atoms with Crippen LogP contribution in [0.15, 0.2) is 11.1 Å². The highest BCUT2D eigenvalue weighted by molar-refractivity contribution is 6.29. The molecule has 0 aliphatic heterocycles. The molecule has 0 fully saturated rings. The molecule has 0 aromatic rings. The van der Waals surface area contributed by atoms with Crippen LogP contribution in [0.3, 0.4) is 0 Å². The van der Waals surface area contributed by atoms with Gasteiger partial charge >= 0.3 is 0 Å². The van der Waals surface area contributed by atoms with Crippen molar-refractivity contribution >= 4 is 11.6 Å². The van der Waals surface area contributed by atoms with Crippen molar-refractivity contribution in [2.24, 2.45) is 0 Å². The average Bonchev–Trinajstić information content (AvgIpc) is 1.35. The Kier molecular flexibility index (Phi) is 2.52. The largest absolute Gasteiger partial charge is 0.193 e. The van der Waals surface area contributed by atoms with E-state index in [-0.39, 0.29) is 0 Å². The van der Waals surface area contributed by atoms with Gasteiger partial charge in [0.05, 0.1) is 6.07 Å². The van der Waals surface area contributed by atoms with Gasteiger partial charge in [0.1, 0.15) is 0 Å². The third kappa shape index (κ3) is 3.52. The first-order chi connectivity index (χ1) is 2.77. The Balaban J connectivity index is 3.51. The van der Waals surface area contributed by atoms with E-state index in [1.165, 1.54) is 6.08 Å². The van der Waals surface area contributed by atoms with E-state index < -0.39 is 0 Å². The molecule has 0 aliphatic rings. The zero-order valence-electron chi connectivity index (χ0n) is 3.40. The van der Waals surface area contributed by atoms with Crippen LogP contribution in [-0.2, 0) is 0 Å². The molecule has 2 heteroatoms. The summed E-state index contributed by atoms with van der Waals surface area (Å²) < 4.78 is 0. The van der Waals surface area contributed by atoms with Crippen molar-refractivity contribution in [3.8, 4) is 6.07 Å².